The van der Waals surface area contributed by atoms with Crippen LogP contribution in [0.3, 0.4) is 0 Å². The fraction of sp³-hybridized carbons (Fsp3) is 0.0909. The lowest BCUT2D eigenvalue weighted by molar-refractivity contribution is 0.948. The second-order valence-corrected chi connectivity index (χ2v) is 4.19. The van der Waals surface area contributed by atoms with Gasteiger partial charge in [0.25, 0.3) is 0 Å². The molecule has 3 aromatic heterocycles. The van der Waals surface area contributed by atoms with Gasteiger partial charge in [-0.1, -0.05) is 0 Å². The van der Waals surface area contributed by atoms with Crippen LogP contribution in [0.2, 0.25) is 0 Å². The summed E-state index contributed by atoms with van der Waals surface area (Å²) in [5.74, 6) is 0. The van der Waals surface area contributed by atoms with Gasteiger partial charge in [-0.2, -0.15) is 16.4 Å². The lowest BCUT2D eigenvalue weighted by Gasteiger charge is -2.01. The van der Waals surface area contributed by atoms with Gasteiger partial charge in [0.05, 0.1) is 11.9 Å². The Labute approximate surface area is 91.0 Å². The minimum Gasteiger partial charge on any atom is -0.237 e. The average Bonchev–Trinajstić information content (AvgIpc) is 2.88. The molecule has 0 amide bonds. The van der Waals surface area contributed by atoms with E-state index in [9.17, 15) is 0 Å². The molecular formula is C11H9N3S. The van der Waals surface area contributed by atoms with Crippen LogP contribution in [0.4, 0.5) is 0 Å². The summed E-state index contributed by atoms with van der Waals surface area (Å²) in [6.45, 7) is 2.02. The maximum absolute atomic E-state index is 4.33. The number of aryl methyl sites for hydroxylation is 1. The Morgan fingerprint density at radius 3 is 3.07 bits per heavy atom. The first kappa shape index (κ1) is 8.61. The number of hydrogen-bond acceptors (Lipinski definition) is 3. The van der Waals surface area contributed by atoms with Gasteiger partial charge in [-0.15, -0.1) is 0 Å². The van der Waals surface area contributed by atoms with Gasteiger partial charge in [-0.25, -0.2) is 9.50 Å². The van der Waals surface area contributed by atoms with Gasteiger partial charge in [0.1, 0.15) is 0 Å². The van der Waals surface area contributed by atoms with Crippen LogP contribution >= 0.6 is 11.3 Å². The standard InChI is InChI=1S/C11H9N3S/c1-8-6-13-14-10(2-4-12-11(8)14)9-3-5-15-7-9/h2-7H,1H3. The highest BCUT2D eigenvalue weighted by Gasteiger charge is 2.06. The van der Waals surface area contributed by atoms with E-state index in [1.807, 2.05) is 29.9 Å². The van der Waals surface area contributed by atoms with Gasteiger partial charge in [0.2, 0.25) is 0 Å². The molecular weight excluding hydrogens is 206 g/mol. The van der Waals surface area contributed by atoms with Crippen molar-refractivity contribution >= 4 is 17.0 Å². The molecule has 0 aliphatic carbocycles. The summed E-state index contributed by atoms with van der Waals surface area (Å²) in [6, 6.07) is 4.08. The van der Waals surface area contributed by atoms with Crippen molar-refractivity contribution in [1.29, 1.82) is 0 Å². The highest BCUT2D eigenvalue weighted by molar-refractivity contribution is 7.08. The van der Waals surface area contributed by atoms with Gasteiger partial charge in [-0.05, 0) is 24.4 Å². The van der Waals surface area contributed by atoms with Gasteiger partial charge < -0.3 is 0 Å². The fourth-order valence-electron chi connectivity index (χ4n) is 1.63. The summed E-state index contributed by atoms with van der Waals surface area (Å²) in [4.78, 5) is 4.32. The number of nitrogens with zero attached hydrogens (tertiary/aromatic N) is 3. The van der Waals surface area contributed by atoms with Crippen molar-refractivity contribution in [3.05, 3.63) is 40.8 Å². The largest absolute Gasteiger partial charge is 0.237 e. The molecule has 0 aliphatic heterocycles. The van der Waals surface area contributed by atoms with Crippen molar-refractivity contribution in [2.75, 3.05) is 0 Å². The first-order valence-electron chi connectivity index (χ1n) is 4.68. The van der Waals surface area contributed by atoms with Crippen molar-refractivity contribution in [3.63, 3.8) is 0 Å². The fourth-order valence-corrected chi connectivity index (χ4v) is 2.28. The lowest BCUT2D eigenvalue weighted by Crippen LogP contribution is -1.94. The molecule has 0 unspecified atom stereocenters. The van der Waals surface area contributed by atoms with E-state index in [1.54, 1.807) is 11.3 Å². The molecule has 0 atom stereocenters. The topological polar surface area (TPSA) is 30.2 Å². The molecule has 15 heavy (non-hydrogen) atoms. The van der Waals surface area contributed by atoms with Gasteiger partial charge in [0.15, 0.2) is 5.65 Å². The van der Waals surface area contributed by atoms with E-state index >= 15 is 0 Å². The third kappa shape index (κ3) is 1.26. The summed E-state index contributed by atoms with van der Waals surface area (Å²) in [6.07, 6.45) is 3.68. The molecule has 0 bridgehead atoms. The minimum absolute atomic E-state index is 0.929. The molecule has 3 nitrogen and oxygen atoms in total. The molecule has 0 aromatic carbocycles. The van der Waals surface area contributed by atoms with E-state index in [4.69, 9.17) is 0 Å². The summed E-state index contributed by atoms with van der Waals surface area (Å²) in [5.41, 5.74) is 4.32. The van der Waals surface area contributed by atoms with Crippen molar-refractivity contribution in [3.8, 4) is 11.3 Å². The van der Waals surface area contributed by atoms with Crippen LogP contribution in [-0.4, -0.2) is 14.6 Å². The average molecular weight is 215 g/mol. The Hall–Kier alpha value is -1.68. The van der Waals surface area contributed by atoms with Gasteiger partial charge >= 0.3 is 0 Å². The normalized spacial score (nSPS) is 11.0. The molecule has 3 heterocycles. The maximum atomic E-state index is 4.33. The molecule has 0 fully saturated rings. The zero-order chi connectivity index (χ0) is 10.3. The Morgan fingerprint density at radius 1 is 1.33 bits per heavy atom. The molecule has 3 rings (SSSR count). The van der Waals surface area contributed by atoms with E-state index < -0.39 is 0 Å². The summed E-state index contributed by atoms with van der Waals surface area (Å²) >= 11 is 1.69. The molecule has 0 spiro atoms. The first-order chi connectivity index (χ1) is 7.36. The van der Waals surface area contributed by atoms with Crippen LogP contribution < -0.4 is 0 Å². The second-order valence-electron chi connectivity index (χ2n) is 3.41. The zero-order valence-corrected chi connectivity index (χ0v) is 9.03. The molecule has 0 saturated heterocycles. The van der Waals surface area contributed by atoms with Crippen molar-refractivity contribution in [2.24, 2.45) is 0 Å². The van der Waals surface area contributed by atoms with E-state index in [0.717, 1.165) is 16.9 Å². The van der Waals surface area contributed by atoms with Crippen LogP contribution in [0.25, 0.3) is 16.9 Å². The van der Waals surface area contributed by atoms with E-state index in [0.29, 0.717) is 0 Å². The van der Waals surface area contributed by atoms with Gasteiger partial charge in [0, 0.05) is 22.7 Å². The maximum Gasteiger partial charge on any atom is 0.158 e. The van der Waals surface area contributed by atoms with Crippen molar-refractivity contribution < 1.29 is 0 Å². The molecule has 3 aromatic rings. The Balaban J connectivity index is 2.36. The third-order valence-corrected chi connectivity index (χ3v) is 3.08. The Morgan fingerprint density at radius 2 is 2.27 bits per heavy atom. The van der Waals surface area contributed by atoms with Crippen LogP contribution in [-0.2, 0) is 0 Å². The molecule has 4 heteroatoms. The molecule has 0 N–H and O–H groups in total. The van der Waals surface area contributed by atoms with Crippen molar-refractivity contribution in [2.45, 2.75) is 6.92 Å². The Kier molecular flexibility index (Phi) is 1.82. The number of fused-ring (bicyclic) bond motifs is 1. The quantitative estimate of drug-likeness (QED) is 0.624. The summed E-state index contributed by atoms with van der Waals surface area (Å²) in [7, 11) is 0. The lowest BCUT2D eigenvalue weighted by atomic mass is 10.2. The van der Waals surface area contributed by atoms with Crippen LogP contribution in [0.15, 0.2) is 35.3 Å². The first-order valence-corrected chi connectivity index (χ1v) is 5.62. The number of thiophene rings is 1. The number of rotatable bonds is 1. The van der Waals surface area contributed by atoms with E-state index in [-0.39, 0.29) is 0 Å². The monoisotopic (exact) mass is 215 g/mol. The third-order valence-electron chi connectivity index (χ3n) is 2.39. The minimum atomic E-state index is 0.929. The molecule has 0 radical (unpaired) electrons. The highest BCUT2D eigenvalue weighted by Crippen LogP contribution is 2.22. The van der Waals surface area contributed by atoms with Crippen molar-refractivity contribution in [1.82, 2.24) is 14.6 Å². The molecule has 0 aliphatic rings. The number of aromatic nitrogens is 3. The zero-order valence-electron chi connectivity index (χ0n) is 8.21. The second kappa shape index (κ2) is 3.17. The smallest absolute Gasteiger partial charge is 0.158 e. The predicted molar refractivity (Wildman–Crippen MR) is 61.0 cm³/mol. The highest BCUT2D eigenvalue weighted by atomic mass is 32.1. The van der Waals surface area contributed by atoms with Crippen LogP contribution in [0, 0.1) is 6.92 Å². The molecule has 0 saturated carbocycles. The van der Waals surface area contributed by atoms with Gasteiger partial charge in [-0.3, -0.25) is 0 Å². The Bertz CT molecular complexity index is 595. The van der Waals surface area contributed by atoms with Crippen LogP contribution in [0.5, 0.6) is 0 Å². The SMILES string of the molecule is Cc1cnn2c(-c3ccsc3)ccnc12. The molecule has 74 valence electrons. The van der Waals surface area contributed by atoms with Crippen LogP contribution in [0.1, 0.15) is 5.56 Å². The summed E-state index contributed by atoms with van der Waals surface area (Å²) in [5, 5.41) is 8.52. The van der Waals surface area contributed by atoms with E-state index in [2.05, 4.69) is 26.9 Å². The van der Waals surface area contributed by atoms with E-state index in [1.165, 1.54) is 5.56 Å². The number of hydrogen-bond donors (Lipinski definition) is 0. The predicted octanol–water partition coefficient (Wildman–Crippen LogP) is 2.77. The summed E-state index contributed by atoms with van der Waals surface area (Å²) < 4.78 is 1.89.